The number of likely N-dealkylation sites (N-methyl/N-ethyl adjacent to an activating group) is 1. The molecule has 2 rings (SSSR count). The number of benzene rings is 1. The van der Waals surface area contributed by atoms with Gasteiger partial charge in [-0.25, -0.2) is 8.42 Å². The molecule has 25 heavy (non-hydrogen) atoms. The molecule has 1 amide bonds. The Hall–Kier alpha value is -1.64. The molecule has 140 valence electrons. The summed E-state index contributed by atoms with van der Waals surface area (Å²) >= 11 is 0. The highest BCUT2D eigenvalue weighted by molar-refractivity contribution is 7.89. The molecule has 8 heteroatoms. The number of ether oxygens (including phenoxy) is 1. The number of piperidine rings is 1. The number of nitrogens with one attached hydrogen (secondary N) is 2. The monoisotopic (exact) mass is 369 g/mol. The van der Waals surface area contributed by atoms with Crippen molar-refractivity contribution in [3.8, 4) is 5.75 Å². The highest BCUT2D eigenvalue weighted by atomic mass is 32.2. The average Bonchev–Trinajstić information content (AvgIpc) is 2.65. The van der Waals surface area contributed by atoms with Gasteiger partial charge >= 0.3 is 0 Å². The number of methoxy groups -OCH3 is 1. The maximum absolute atomic E-state index is 13.0. The normalized spacial score (nSPS) is 18.8. The van der Waals surface area contributed by atoms with Crippen LogP contribution in [0.3, 0.4) is 0 Å². The molecule has 2 N–H and O–H groups in total. The van der Waals surface area contributed by atoms with Crippen molar-refractivity contribution in [1.29, 1.82) is 0 Å². The third-order valence-corrected chi connectivity index (χ3v) is 6.34. The van der Waals surface area contributed by atoms with Gasteiger partial charge in [-0.3, -0.25) is 4.79 Å². The molecule has 1 heterocycles. The van der Waals surface area contributed by atoms with Crippen LogP contribution in [-0.2, 0) is 21.4 Å². The Labute approximate surface area is 149 Å². The highest BCUT2D eigenvalue weighted by Crippen LogP contribution is 2.26. The number of amides is 1. The third kappa shape index (κ3) is 4.71. The lowest BCUT2D eigenvalue weighted by Gasteiger charge is -2.31. The van der Waals surface area contributed by atoms with Crippen LogP contribution in [-0.4, -0.2) is 51.9 Å². The average molecular weight is 369 g/mol. The Morgan fingerprint density at radius 1 is 1.40 bits per heavy atom. The zero-order valence-electron chi connectivity index (χ0n) is 15.0. The zero-order chi connectivity index (χ0) is 18.4. The van der Waals surface area contributed by atoms with Crippen molar-refractivity contribution in [1.82, 2.24) is 14.9 Å². The number of carbonyl (C=O) groups is 1. The van der Waals surface area contributed by atoms with Crippen molar-refractivity contribution in [3.63, 3.8) is 0 Å². The Kier molecular flexibility index (Phi) is 6.80. The van der Waals surface area contributed by atoms with Crippen molar-refractivity contribution < 1.29 is 17.9 Å². The molecule has 0 saturated carbocycles. The Balaban J connectivity index is 2.26. The number of carbonyl (C=O) groups excluding carboxylic acids is 1. The van der Waals surface area contributed by atoms with Crippen LogP contribution in [0.1, 0.15) is 31.7 Å². The van der Waals surface area contributed by atoms with Gasteiger partial charge in [0.15, 0.2) is 0 Å². The minimum Gasteiger partial charge on any atom is -0.496 e. The van der Waals surface area contributed by atoms with E-state index in [4.69, 9.17) is 4.74 Å². The minimum absolute atomic E-state index is 0.0943. The molecule has 0 spiro atoms. The zero-order valence-corrected chi connectivity index (χ0v) is 15.9. The third-order valence-electron chi connectivity index (χ3n) is 4.48. The topological polar surface area (TPSA) is 87.7 Å². The standard InChI is InChI=1S/C17H27N3O4S/c1-4-17(21)19-11-13-10-15(7-8-16(13)24-3)25(22,23)20-9-5-6-14(12-20)18-2/h7-8,10,14,18H,4-6,9,11-12H2,1-3H3,(H,19,21). The second kappa shape index (κ2) is 8.64. The van der Waals surface area contributed by atoms with Crippen LogP contribution < -0.4 is 15.4 Å². The van der Waals surface area contributed by atoms with E-state index in [2.05, 4.69) is 10.6 Å². The lowest BCUT2D eigenvalue weighted by Crippen LogP contribution is -2.46. The van der Waals surface area contributed by atoms with E-state index in [1.165, 1.54) is 11.4 Å². The fourth-order valence-corrected chi connectivity index (χ4v) is 4.49. The van der Waals surface area contributed by atoms with Crippen LogP contribution in [0.25, 0.3) is 0 Å². The van der Waals surface area contributed by atoms with Crippen molar-refractivity contribution >= 4 is 15.9 Å². The summed E-state index contributed by atoms with van der Waals surface area (Å²) < 4.78 is 32.7. The van der Waals surface area contributed by atoms with Crippen LogP contribution in [0.15, 0.2) is 23.1 Å². The SMILES string of the molecule is CCC(=O)NCc1cc(S(=O)(=O)N2CCCC(NC)C2)ccc1OC. The number of rotatable bonds is 7. The smallest absolute Gasteiger partial charge is 0.243 e. The van der Waals surface area contributed by atoms with Gasteiger partial charge in [-0.15, -0.1) is 0 Å². The van der Waals surface area contributed by atoms with E-state index < -0.39 is 10.0 Å². The van der Waals surface area contributed by atoms with E-state index >= 15 is 0 Å². The van der Waals surface area contributed by atoms with Gasteiger partial charge in [-0.05, 0) is 38.1 Å². The maximum atomic E-state index is 13.0. The molecule has 1 saturated heterocycles. The molecule has 1 fully saturated rings. The van der Waals surface area contributed by atoms with E-state index in [9.17, 15) is 13.2 Å². The highest BCUT2D eigenvalue weighted by Gasteiger charge is 2.30. The van der Waals surface area contributed by atoms with Crippen LogP contribution in [0.4, 0.5) is 0 Å². The van der Waals surface area contributed by atoms with Crippen molar-refractivity contribution in [2.45, 2.75) is 43.7 Å². The first-order valence-corrected chi connectivity index (χ1v) is 9.97. The molecule has 0 bridgehead atoms. The summed E-state index contributed by atoms with van der Waals surface area (Å²) in [6, 6.07) is 4.96. The molecule has 0 aliphatic carbocycles. The van der Waals surface area contributed by atoms with Gasteiger partial charge < -0.3 is 15.4 Å². The van der Waals surface area contributed by atoms with Crippen LogP contribution in [0, 0.1) is 0 Å². The molecule has 0 aromatic heterocycles. The summed E-state index contributed by atoms with van der Waals surface area (Å²) in [6.45, 7) is 2.99. The van der Waals surface area contributed by atoms with Crippen molar-refractivity contribution in [2.24, 2.45) is 0 Å². The second-order valence-corrected chi connectivity index (χ2v) is 8.03. The van der Waals surface area contributed by atoms with Gasteiger partial charge in [-0.2, -0.15) is 4.31 Å². The lowest BCUT2D eigenvalue weighted by atomic mass is 10.1. The van der Waals surface area contributed by atoms with Crippen molar-refractivity contribution in [3.05, 3.63) is 23.8 Å². The van der Waals surface area contributed by atoms with E-state index in [0.717, 1.165) is 12.8 Å². The van der Waals surface area contributed by atoms with Gasteiger partial charge in [0.2, 0.25) is 15.9 Å². The quantitative estimate of drug-likeness (QED) is 0.751. The fraction of sp³-hybridized carbons (Fsp3) is 0.588. The van der Waals surface area contributed by atoms with Gasteiger partial charge in [0.1, 0.15) is 5.75 Å². The van der Waals surface area contributed by atoms with E-state index in [-0.39, 0.29) is 23.4 Å². The lowest BCUT2D eigenvalue weighted by molar-refractivity contribution is -0.120. The predicted octanol–water partition coefficient (Wildman–Crippen LogP) is 1.09. The molecule has 1 aliphatic rings. The van der Waals surface area contributed by atoms with Crippen LogP contribution >= 0.6 is 0 Å². The molecule has 1 atom stereocenters. The fourth-order valence-electron chi connectivity index (χ4n) is 2.92. The molecule has 0 radical (unpaired) electrons. The van der Waals surface area contributed by atoms with Gasteiger partial charge in [-0.1, -0.05) is 6.92 Å². The molecule has 7 nitrogen and oxygen atoms in total. The Morgan fingerprint density at radius 3 is 2.80 bits per heavy atom. The van der Waals surface area contributed by atoms with E-state index in [0.29, 0.717) is 30.8 Å². The Bertz CT molecular complexity index is 706. The van der Waals surface area contributed by atoms with Gasteiger partial charge in [0.05, 0.1) is 12.0 Å². The second-order valence-electron chi connectivity index (χ2n) is 6.09. The first kappa shape index (κ1) is 19.7. The molecular formula is C17H27N3O4S. The molecule has 1 aliphatic heterocycles. The van der Waals surface area contributed by atoms with Crippen LogP contribution in [0.5, 0.6) is 5.75 Å². The minimum atomic E-state index is -3.57. The molecule has 1 aromatic carbocycles. The maximum Gasteiger partial charge on any atom is 0.243 e. The summed E-state index contributed by atoms with van der Waals surface area (Å²) in [5, 5.41) is 5.91. The summed E-state index contributed by atoms with van der Waals surface area (Å²) in [4.78, 5) is 11.7. The number of hydrogen-bond acceptors (Lipinski definition) is 5. The number of hydrogen-bond donors (Lipinski definition) is 2. The summed E-state index contributed by atoms with van der Waals surface area (Å²) in [7, 11) is -0.197. The summed E-state index contributed by atoms with van der Waals surface area (Å²) in [6.07, 6.45) is 2.18. The first-order chi connectivity index (χ1) is 11.9. The summed E-state index contributed by atoms with van der Waals surface area (Å²) in [5.74, 6) is 0.463. The summed E-state index contributed by atoms with van der Waals surface area (Å²) in [5.41, 5.74) is 0.646. The van der Waals surface area contributed by atoms with Crippen molar-refractivity contribution in [2.75, 3.05) is 27.2 Å². The van der Waals surface area contributed by atoms with E-state index in [1.54, 1.807) is 25.1 Å². The molecular weight excluding hydrogens is 342 g/mol. The van der Waals surface area contributed by atoms with Gasteiger partial charge in [0, 0.05) is 37.7 Å². The molecule has 1 aromatic rings. The largest absolute Gasteiger partial charge is 0.496 e. The first-order valence-electron chi connectivity index (χ1n) is 8.53. The number of nitrogens with zero attached hydrogens (tertiary/aromatic N) is 1. The van der Waals surface area contributed by atoms with E-state index in [1.807, 2.05) is 7.05 Å². The Morgan fingerprint density at radius 2 is 2.16 bits per heavy atom. The van der Waals surface area contributed by atoms with Crippen LogP contribution in [0.2, 0.25) is 0 Å². The van der Waals surface area contributed by atoms with Gasteiger partial charge in [0.25, 0.3) is 0 Å². The predicted molar refractivity (Wildman–Crippen MR) is 96.0 cm³/mol. The molecule has 1 unspecified atom stereocenters. The number of sulfonamides is 1.